The van der Waals surface area contributed by atoms with Gasteiger partial charge in [0.15, 0.2) is 0 Å². The van der Waals surface area contributed by atoms with Crippen LogP contribution in [0.2, 0.25) is 0 Å². The van der Waals surface area contributed by atoms with Crippen molar-refractivity contribution in [3.05, 3.63) is 35.3 Å². The van der Waals surface area contributed by atoms with E-state index in [1.165, 1.54) is 0 Å². The summed E-state index contributed by atoms with van der Waals surface area (Å²) in [6.07, 6.45) is 5.19. The Labute approximate surface area is 63.0 Å². The molecule has 0 aromatic rings. The number of thioether (sulfide) groups is 1. The Hall–Kier alpha value is -0.960. The second-order valence-corrected chi connectivity index (χ2v) is 2.60. The molecule has 2 rings (SSSR count). The van der Waals surface area contributed by atoms with Gasteiger partial charge in [0.05, 0.1) is 11.8 Å². The van der Waals surface area contributed by atoms with E-state index in [9.17, 15) is 0 Å². The van der Waals surface area contributed by atoms with E-state index in [4.69, 9.17) is 4.74 Å². The fourth-order valence-electron chi connectivity index (χ4n) is 0.765. The van der Waals surface area contributed by atoms with Crippen molar-refractivity contribution in [1.82, 2.24) is 0 Å². The monoisotopic (exact) mass is 151 g/mol. The lowest BCUT2D eigenvalue weighted by molar-refractivity contribution is 0.393. The van der Waals surface area contributed by atoms with Crippen LogP contribution in [-0.4, -0.2) is 5.55 Å². The van der Waals surface area contributed by atoms with Crippen molar-refractivity contribution in [2.24, 2.45) is 4.99 Å². The molecule has 0 radical (unpaired) electrons. The Morgan fingerprint density at radius 2 is 2.50 bits per heavy atom. The summed E-state index contributed by atoms with van der Waals surface area (Å²) in [6.45, 7) is 0. The van der Waals surface area contributed by atoms with Gasteiger partial charge in [-0.3, -0.25) is 0 Å². The van der Waals surface area contributed by atoms with Gasteiger partial charge in [-0.1, -0.05) is 11.8 Å². The highest BCUT2D eigenvalue weighted by molar-refractivity contribution is 8.14. The average molecular weight is 151 g/mol. The molecule has 0 saturated heterocycles. The van der Waals surface area contributed by atoms with Gasteiger partial charge in [-0.05, 0) is 11.5 Å². The fraction of sp³-hybridized carbons (Fsp3) is 0. The normalized spacial score (nSPS) is 20.8. The number of ether oxygens (including phenoxy) is 1. The molecule has 2 aliphatic heterocycles. The van der Waals surface area contributed by atoms with Gasteiger partial charge in [-0.25, -0.2) is 4.99 Å². The molecule has 0 unspecified atom stereocenters. The third-order valence-electron chi connectivity index (χ3n) is 1.25. The molecular formula is C7H5NOS. The first-order valence-electron chi connectivity index (χ1n) is 2.87. The first kappa shape index (κ1) is 5.80. The molecule has 0 amide bonds. The number of rotatable bonds is 0. The zero-order valence-electron chi connectivity index (χ0n) is 5.15. The van der Waals surface area contributed by atoms with Crippen LogP contribution in [0.4, 0.5) is 0 Å². The molecule has 2 heterocycles. The van der Waals surface area contributed by atoms with E-state index >= 15 is 0 Å². The lowest BCUT2D eigenvalue weighted by Gasteiger charge is -2.09. The van der Waals surface area contributed by atoms with Gasteiger partial charge in [0.2, 0.25) is 0 Å². The summed E-state index contributed by atoms with van der Waals surface area (Å²) < 4.78 is 4.93. The maximum atomic E-state index is 4.93. The molecular weight excluding hydrogens is 146 g/mol. The molecule has 10 heavy (non-hydrogen) atoms. The maximum Gasteiger partial charge on any atom is 0.116 e. The van der Waals surface area contributed by atoms with E-state index in [0.717, 1.165) is 11.3 Å². The van der Waals surface area contributed by atoms with Crippen LogP contribution >= 0.6 is 11.8 Å². The van der Waals surface area contributed by atoms with E-state index in [-0.39, 0.29) is 0 Å². The standard InChI is InChI=1S/C7H5NOS/c1-2-9-3-7-6(1)4-10-5-8-7/h1-5H. The molecule has 0 atom stereocenters. The van der Waals surface area contributed by atoms with Crippen LogP contribution in [0.1, 0.15) is 0 Å². The lowest BCUT2D eigenvalue weighted by Crippen LogP contribution is -1.92. The summed E-state index contributed by atoms with van der Waals surface area (Å²) in [5, 5.41) is 2.04. The lowest BCUT2D eigenvalue weighted by atomic mass is 10.2. The molecule has 2 aliphatic rings. The molecule has 0 saturated carbocycles. The summed E-state index contributed by atoms with van der Waals surface area (Å²) in [6, 6.07) is 0. The van der Waals surface area contributed by atoms with Gasteiger partial charge in [-0.15, -0.1) is 0 Å². The van der Waals surface area contributed by atoms with Crippen molar-refractivity contribution < 1.29 is 4.74 Å². The van der Waals surface area contributed by atoms with Crippen LogP contribution in [0.15, 0.2) is 40.3 Å². The Bertz CT molecular complexity index is 235. The summed E-state index contributed by atoms with van der Waals surface area (Å²) in [5.74, 6) is 0. The van der Waals surface area contributed by atoms with Gasteiger partial charge in [0.1, 0.15) is 12.0 Å². The minimum Gasteiger partial charge on any atom is -0.470 e. The molecule has 0 bridgehead atoms. The summed E-state index contributed by atoms with van der Waals surface area (Å²) in [5.41, 5.74) is 3.82. The van der Waals surface area contributed by atoms with Gasteiger partial charge in [-0.2, -0.15) is 0 Å². The topological polar surface area (TPSA) is 21.6 Å². The Morgan fingerprint density at radius 1 is 1.50 bits per heavy atom. The average Bonchev–Trinajstić information content (AvgIpc) is 2.05. The molecule has 0 N–H and O–H groups in total. The predicted octanol–water partition coefficient (Wildman–Crippen LogP) is 2.03. The molecule has 50 valence electrons. The Morgan fingerprint density at radius 3 is 3.40 bits per heavy atom. The van der Waals surface area contributed by atoms with E-state index in [1.54, 1.807) is 29.8 Å². The first-order chi connectivity index (χ1) is 4.97. The first-order valence-corrected chi connectivity index (χ1v) is 3.82. The zero-order chi connectivity index (χ0) is 6.81. The third-order valence-corrected chi connectivity index (χ3v) is 1.87. The number of hydrogen-bond donors (Lipinski definition) is 0. The van der Waals surface area contributed by atoms with Gasteiger partial charge in [0, 0.05) is 5.57 Å². The minimum absolute atomic E-state index is 0.904. The second-order valence-electron chi connectivity index (χ2n) is 1.89. The summed E-state index contributed by atoms with van der Waals surface area (Å²) in [4.78, 5) is 4.11. The molecule has 2 nitrogen and oxygen atoms in total. The fourth-order valence-corrected chi connectivity index (χ4v) is 1.35. The Kier molecular flexibility index (Phi) is 1.36. The summed E-state index contributed by atoms with van der Waals surface area (Å²) in [7, 11) is 0. The molecule has 0 spiro atoms. The van der Waals surface area contributed by atoms with Crippen molar-refractivity contribution in [2.45, 2.75) is 0 Å². The van der Waals surface area contributed by atoms with Gasteiger partial charge >= 0.3 is 0 Å². The predicted molar refractivity (Wildman–Crippen MR) is 42.5 cm³/mol. The molecule has 0 aromatic carbocycles. The molecule has 3 heteroatoms. The number of hydrogen-bond acceptors (Lipinski definition) is 3. The van der Waals surface area contributed by atoms with Crippen LogP contribution in [0.3, 0.4) is 0 Å². The van der Waals surface area contributed by atoms with Crippen LogP contribution in [-0.2, 0) is 4.74 Å². The van der Waals surface area contributed by atoms with E-state index in [0.29, 0.717) is 0 Å². The van der Waals surface area contributed by atoms with Gasteiger partial charge < -0.3 is 4.74 Å². The van der Waals surface area contributed by atoms with E-state index < -0.39 is 0 Å². The van der Waals surface area contributed by atoms with Crippen molar-refractivity contribution >= 4 is 17.3 Å². The highest BCUT2D eigenvalue weighted by atomic mass is 32.2. The smallest absolute Gasteiger partial charge is 0.116 e. The van der Waals surface area contributed by atoms with Crippen molar-refractivity contribution in [1.29, 1.82) is 0 Å². The third kappa shape index (κ3) is 0.885. The minimum atomic E-state index is 0.904. The van der Waals surface area contributed by atoms with E-state index in [2.05, 4.69) is 4.99 Å². The number of aliphatic imine (C=N–C) groups is 1. The van der Waals surface area contributed by atoms with Crippen molar-refractivity contribution in [2.75, 3.05) is 0 Å². The van der Waals surface area contributed by atoms with Gasteiger partial charge in [0.25, 0.3) is 0 Å². The highest BCUT2D eigenvalue weighted by Crippen LogP contribution is 2.24. The van der Waals surface area contributed by atoms with Crippen LogP contribution < -0.4 is 0 Å². The van der Waals surface area contributed by atoms with Crippen molar-refractivity contribution in [3.8, 4) is 0 Å². The SMILES string of the molecule is C1=CC2=CSC=NC2=CO1. The molecule has 0 aromatic heterocycles. The zero-order valence-corrected chi connectivity index (χ0v) is 5.97. The Balaban J connectivity index is 2.38. The highest BCUT2D eigenvalue weighted by Gasteiger charge is 2.06. The molecule has 0 fully saturated rings. The van der Waals surface area contributed by atoms with Crippen LogP contribution in [0.5, 0.6) is 0 Å². The second kappa shape index (κ2) is 2.34. The van der Waals surface area contributed by atoms with E-state index in [1.807, 2.05) is 11.5 Å². The molecule has 0 aliphatic carbocycles. The number of nitrogens with zero attached hydrogens (tertiary/aromatic N) is 1. The summed E-state index contributed by atoms with van der Waals surface area (Å²) >= 11 is 1.58. The maximum absolute atomic E-state index is 4.93. The van der Waals surface area contributed by atoms with Crippen molar-refractivity contribution in [3.63, 3.8) is 0 Å². The van der Waals surface area contributed by atoms with Crippen LogP contribution in [0.25, 0.3) is 0 Å². The number of fused-ring (bicyclic) bond motifs is 1. The van der Waals surface area contributed by atoms with Crippen LogP contribution in [0, 0.1) is 0 Å². The largest absolute Gasteiger partial charge is 0.470 e. The number of allylic oxidation sites excluding steroid dienone is 1. The quantitative estimate of drug-likeness (QED) is 0.528.